The van der Waals surface area contributed by atoms with Gasteiger partial charge < -0.3 is 29.7 Å². The summed E-state index contributed by atoms with van der Waals surface area (Å²) in [4.78, 5) is 68.9. The number of amides is 4. The third-order valence-corrected chi connectivity index (χ3v) is 8.99. The average Bonchev–Trinajstić information content (AvgIpc) is 3.78. The van der Waals surface area contributed by atoms with Crippen molar-refractivity contribution in [1.82, 2.24) is 35.8 Å². The van der Waals surface area contributed by atoms with Gasteiger partial charge in [0.1, 0.15) is 40.9 Å². The van der Waals surface area contributed by atoms with Crippen molar-refractivity contribution < 1.29 is 28.0 Å². The molecule has 14 heteroatoms. The fraction of sp³-hybridized carbons (Fsp3) is 0.552. The van der Waals surface area contributed by atoms with E-state index in [1.54, 1.807) is 24.1 Å². The summed E-state index contributed by atoms with van der Waals surface area (Å²) in [6, 6.07) is -2.68. The Morgan fingerprint density at radius 2 is 1.79 bits per heavy atom. The van der Waals surface area contributed by atoms with Gasteiger partial charge in [0, 0.05) is 11.9 Å². The number of rotatable bonds is 3. The van der Waals surface area contributed by atoms with Crippen LogP contribution in [0.25, 0.3) is 11.6 Å². The predicted molar refractivity (Wildman–Crippen MR) is 156 cm³/mol. The normalized spacial score (nSPS) is 24.2. The molecule has 3 aromatic rings. The molecule has 4 amide bonds. The molecule has 0 aromatic carbocycles. The highest BCUT2D eigenvalue weighted by molar-refractivity contribution is 7.10. The molecule has 0 spiro atoms. The fourth-order valence-electron chi connectivity index (χ4n) is 5.31. The third-order valence-electron chi connectivity index (χ3n) is 8.06. The van der Waals surface area contributed by atoms with E-state index in [4.69, 9.17) is 13.8 Å². The molecule has 5 rings (SSSR count). The minimum absolute atomic E-state index is 0.0106. The zero-order valence-electron chi connectivity index (χ0n) is 25.1. The second-order valence-corrected chi connectivity index (χ2v) is 12.4. The fourth-order valence-corrected chi connectivity index (χ4v) is 6.32. The van der Waals surface area contributed by atoms with Crippen LogP contribution in [0.5, 0.6) is 0 Å². The third kappa shape index (κ3) is 6.05. The lowest BCUT2D eigenvalue weighted by Gasteiger charge is -2.32. The molecular formula is C29H37N7O6S. The summed E-state index contributed by atoms with van der Waals surface area (Å²) in [6.07, 6.45) is 2.99. The predicted octanol–water partition coefficient (Wildman–Crippen LogP) is 3.55. The highest BCUT2D eigenvalue weighted by Crippen LogP contribution is 2.31. The van der Waals surface area contributed by atoms with E-state index < -0.39 is 36.0 Å². The molecule has 0 saturated carbocycles. The lowest BCUT2D eigenvalue weighted by molar-refractivity contribution is -0.141. The molecule has 3 N–H and O–H groups in total. The van der Waals surface area contributed by atoms with Crippen LogP contribution in [-0.4, -0.2) is 62.1 Å². The maximum Gasteiger partial charge on any atom is 0.274 e. The number of nitrogens with one attached hydrogen (secondary N) is 3. The van der Waals surface area contributed by atoms with E-state index in [-0.39, 0.29) is 46.8 Å². The van der Waals surface area contributed by atoms with Crippen LogP contribution in [0.4, 0.5) is 0 Å². The Morgan fingerprint density at radius 3 is 2.51 bits per heavy atom. The van der Waals surface area contributed by atoms with E-state index >= 15 is 0 Å². The highest BCUT2D eigenvalue weighted by Gasteiger charge is 2.40. The zero-order valence-corrected chi connectivity index (χ0v) is 25.9. The van der Waals surface area contributed by atoms with Crippen LogP contribution in [0.15, 0.2) is 20.5 Å². The Hall–Kier alpha value is -4.07. The molecule has 5 heterocycles. The molecule has 13 nitrogen and oxygen atoms in total. The van der Waals surface area contributed by atoms with Gasteiger partial charge in [0.15, 0.2) is 11.4 Å². The first-order valence-corrected chi connectivity index (χ1v) is 15.5. The first-order chi connectivity index (χ1) is 20.5. The molecule has 0 radical (unpaired) electrons. The topological polar surface area (TPSA) is 173 Å². The Kier molecular flexibility index (Phi) is 8.67. The summed E-state index contributed by atoms with van der Waals surface area (Å²) >= 11 is 1.35. The highest BCUT2D eigenvalue weighted by atomic mass is 32.1. The number of nitrogens with zero attached hydrogens (tertiary/aromatic N) is 4. The summed E-state index contributed by atoms with van der Waals surface area (Å²) in [5, 5.41) is 11.1. The van der Waals surface area contributed by atoms with Gasteiger partial charge in [0.25, 0.3) is 11.8 Å². The van der Waals surface area contributed by atoms with Crippen molar-refractivity contribution in [3.05, 3.63) is 39.7 Å². The van der Waals surface area contributed by atoms with Gasteiger partial charge in [-0.15, -0.1) is 11.3 Å². The number of aryl methyl sites for hydroxylation is 1. The van der Waals surface area contributed by atoms with Crippen LogP contribution in [0.2, 0.25) is 0 Å². The summed E-state index contributed by atoms with van der Waals surface area (Å²) in [6.45, 7) is 11.5. The number of carbonyl (C=O) groups excluding carboxylic acids is 4. The van der Waals surface area contributed by atoms with E-state index in [1.807, 2.05) is 27.7 Å². The van der Waals surface area contributed by atoms with E-state index in [9.17, 15) is 19.2 Å². The van der Waals surface area contributed by atoms with Crippen LogP contribution in [-0.2, 0) is 9.59 Å². The second kappa shape index (κ2) is 12.3. The van der Waals surface area contributed by atoms with Crippen molar-refractivity contribution in [2.75, 3.05) is 6.54 Å². The Labute approximate surface area is 253 Å². The summed E-state index contributed by atoms with van der Waals surface area (Å²) in [5.41, 5.74) is 0.492. The van der Waals surface area contributed by atoms with Gasteiger partial charge in [0.05, 0.1) is 6.04 Å². The van der Waals surface area contributed by atoms with Crippen molar-refractivity contribution in [2.24, 2.45) is 11.8 Å². The first kappa shape index (κ1) is 30.4. The number of oxazole rings is 2. The molecule has 1 fully saturated rings. The number of thiazole rings is 1. The Morgan fingerprint density at radius 1 is 1.02 bits per heavy atom. The van der Waals surface area contributed by atoms with Crippen molar-refractivity contribution in [2.45, 2.75) is 85.0 Å². The molecule has 0 unspecified atom stereocenters. The second-order valence-electron chi connectivity index (χ2n) is 11.5. The molecule has 2 aliphatic rings. The van der Waals surface area contributed by atoms with Gasteiger partial charge >= 0.3 is 0 Å². The number of fused-ring (bicyclic) bond motifs is 8. The lowest BCUT2D eigenvalue weighted by atomic mass is 9.97. The molecule has 0 aliphatic carbocycles. The minimum Gasteiger partial charge on any atom is -0.446 e. The lowest BCUT2D eigenvalue weighted by Crippen LogP contribution is -2.55. The zero-order chi connectivity index (χ0) is 31.0. The molecule has 2 aliphatic heterocycles. The largest absolute Gasteiger partial charge is 0.446 e. The Bertz CT molecular complexity index is 1530. The number of carbonyl (C=O) groups is 4. The van der Waals surface area contributed by atoms with Crippen molar-refractivity contribution >= 4 is 35.0 Å². The van der Waals surface area contributed by atoms with Gasteiger partial charge in [0.2, 0.25) is 23.6 Å². The molecule has 3 aromatic heterocycles. The summed E-state index contributed by atoms with van der Waals surface area (Å²) < 4.78 is 11.3. The van der Waals surface area contributed by atoms with E-state index in [1.165, 1.54) is 17.6 Å². The van der Waals surface area contributed by atoms with Gasteiger partial charge in [-0.3, -0.25) is 19.2 Å². The van der Waals surface area contributed by atoms with Crippen LogP contribution in [0.3, 0.4) is 0 Å². The molecule has 230 valence electrons. The first-order valence-electron chi connectivity index (χ1n) is 14.6. The number of hydrogen-bond donors (Lipinski definition) is 3. The SMILES string of the molecule is CC[C@@H](C)[C@@H]1NC(=O)c2coc(n2)[C@H](C)NC(=O)c2nc(oc2C)-c2csc(n2)[C@H](C(C)C)NC(=O)[C@@H]2CCCN2C1=O. The van der Waals surface area contributed by atoms with Gasteiger partial charge in [-0.25, -0.2) is 15.0 Å². The van der Waals surface area contributed by atoms with Gasteiger partial charge in [-0.05, 0) is 38.5 Å². The molecule has 6 bridgehead atoms. The van der Waals surface area contributed by atoms with Crippen LogP contribution < -0.4 is 16.0 Å². The maximum atomic E-state index is 13.9. The summed E-state index contributed by atoms with van der Waals surface area (Å²) in [7, 11) is 0. The standard InChI is InChI=1S/C29H37N7O6S/c1-7-14(4)21-29(40)36-10-8-9-19(36)24(38)33-20(13(2)3)28-32-18(12-43-28)27-35-22(16(6)42-27)25(39)30-15(5)26-31-17(11-41-26)23(37)34-21/h11-15,19-21H,7-10H2,1-6H3,(H,30,39)(H,33,38)(H,34,37)/t14-,15+,19+,20+,21+/m1/s1. The maximum absolute atomic E-state index is 13.9. The van der Waals surface area contributed by atoms with Crippen molar-refractivity contribution in [1.29, 1.82) is 0 Å². The van der Waals surface area contributed by atoms with E-state index in [2.05, 4.69) is 25.9 Å². The quantitative estimate of drug-likeness (QED) is 0.400. The minimum atomic E-state index is -0.871. The van der Waals surface area contributed by atoms with E-state index in [0.717, 1.165) is 0 Å². The van der Waals surface area contributed by atoms with Crippen molar-refractivity contribution in [3.8, 4) is 11.6 Å². The van der Waals surface area contributed by atoms with Crippen LogP contribution in [0.1, 0.15) is 104 Å². The van der Waals surface area contributed by atoms with E-state index in [0.29, 0.717) is 42.3 Å². The van der Waals surface area contributed by atoms with Gasteiger partial charge in [-0.1, -0.05) is 34.1 Å². The average molecular weight is 612 g/mol. The van der Waals surface area contributed by atoms with Crippen LogP contribution >= 0.6 is 11.3 Å². The molecule has 5 atom stereocenters. The van der Waals surface area contributed by atoms with Crippen molar-refractivity contribution in [3.63, 3.8) is 0 Å². The number of aromatic nitrogens is 3. The summed E-state index contributed by atoms with van der Waals surface area (Å²) in [5.74, 6) is -1.32. The van der Waals surface area contributed by atoms with Gasteiger partial charge in [-0.2, -0.15) is 0 Å². The molecular weight excluding hydrogens is 574 g/mol. The monoisotopic (exact) mass is 611 g/mol. The van der Waals surface area contributed by atoms with Crippen LogP contribution in [0, 0.1) is 18.8 Å². The molecule has 1 saturated heterocycles. The Balaban J connectivity index is 1.54. The molecule has 43 heavy (non-hydrogen) atoms. The number of hydrogen-bond acceptors (Lipinski definition) is 10. The smallest absolute Gasteiger partial charge is 0.274 e.